The predicted molar refractivity (Wildman–Crippen MR) is 109 cm³/mol. The highest BCUT2D eigenvalue weighted by Crippen LogP contribution is 2.18. The average molecular weight is 411 g/mol. The largest absolute Gasteiger partial charge is 0.550 e. The van der Waals surface area contributed by atoms with Crippen LogP contribution in [0.1, 0.15) is 66.2 Å². The first kappa shape index (κ1) is 26.4. The fourth-order valence-electron chi connectivity index (χ4n) is 2.07. The summed E-state index contributed by atoms with van der Waals surface area (Å²) in [7, 11) is 6.54. The molecule has 164 valence electrons. The van der Waals surface area contributed by atoms with E-state index >= 15 is 0 Å². The number of nitrogens with zero attached hydrogens (tertiary/aromatic N) is 1. The predicted octanol–water partition coefficient (Wildman–Crippen LogP) is 1.62. The number of hydrogen-bond acceptors (Lipinski definition) is 5. The number of hydrogen-bond donors (Lipinski definition) is 3. The minimum atomic E-state index is -1.17. The SMILES string of the molecule is CC[N+](C)(C)C.O=C([O-])CCCCCCCNC(=O)c1cc(C(=O)O)ccc1O. The van der Waals surface area contributed by atoms with Gasteiger partial charge in [0.1, 0.15) is 5.75 Å². The third kappa shape index (κ3) is 13.2. The van der Waals surface area contributed by atoms with Gasteiger partial charge in [-0.3, -0.25) is 4.79 Å². The molecule has 0 bridgehead atoms. The minimum absolute atomic E-state index is 0.0654. The van der Waals surface area contributed by atoms with E-state index in [1.807, 2.05) is 0 Å². The van der Waals surface area contributed by atoms with Gasteiger partial charge in [-0.05, 0) is 44.4 Å². The lowest BCUT2D eigenvalue weighted by Crippen LogP contribution is -2.33. The van der Waals surface area contributed by atoms with Gasteiger partial charge in [-0.2, -0.15) is 0 Å². The van der Waals surface area contributed by atoms with E-state index < -0.39 is 17.8 Å². The van der Waals surface area contributed by atoms with E-state index in [-0.39, 0.29) is 23.3 Å². The number of carbonyl (C=O) groups excluding carboxylic acids is 2. The van der Waals surface area contributed by atoms with E-state index in [9.17, 15) is 24.6 Å². The monoisotopic (exact) mass is 410 g/mol. The zero-order valence-corrected chi connectivity index (χ0v) is 17.9. The number of phenolic OH excluding ortho intramolecular Hbond substituents is 1. The van der Waals surface area contributed by atoms with Crippen LogP contribution in [0, 0.1) is 0 Å². The number of aromatic carboxylic acids is 1. The smallest absolute Gasteiger partial charge is 0.335 e. The van der Waals surface area contributed by atoms with Gasteiger partial charge in [0.15, 0.2) is 0 Å². The number of carbonyl (C=O) groups is 3. The third-order valence-electron chi connectivity index (χ3n) is 4.28. The van der Waals surface area contributed by atoms with Gasteiger partial charge in [0.25, 0.3) is 5.91 Å². The zero-order valence-electron chi connectivity index (χ0n) is 17.9. The first-order valence-electron chi connectivity index (χ1n) is 9.82. The second-order valence-electron chi connectivity index (χ2n) is 7.79. The Kier molecular flexibility index (Phi) is 12.3. The van der Waals surface area contributed by atoms with Crippen molar-refractivity contribution in [1.82, 2.24) is 5.32 Å². The van der Waals surface area contributed by atoms with Gasteiger partial charge in [0, 0.05) is 12.5 Å². The lowest BCUT2D eigenvalue weighted by Gasteiger charge is -2.20. The number of nitrogens with one attached hydrogen (secondary N) is 1. The van der Waals surface area contributed by atoms with E-state index in [1.165, 1.54) is 18.7 Å². The Morgan fingerprint density at radius 2 is 1.59 bits per heavy atom. The van der Waals surface area contributed by atoms with Crippen molar-refractivity contribution < 1.29 is 34.2 Å². The van der Waals surface area contributed by atoms with Crippen LogP contribution >= 0.6 is 0 Å². The second-order valence-corrected chi connectivity index (χ2v) is 7.79. The maximum Gasteiger partial charge on any atom is 0.335 e. The van der Waals surface area contributed by atoms with E-state index in [1.54, 1.807) is 0 Å². The molecule has 8 heteroatoms. The Balaban J connectivity index is 0.00000113. The Labute approximate surface area is 172 Å². The molecule has 0 atom stereocenters. The Hall–Kier alpha value is -2.61. The van der Waals surface area contributed by atoms with Crippen LogP contribution in [0.25, 0.3) is 0 Å². The molecule has 29 heavy (non-hydrogen) atoms. The summed E-state index contributed by atoms with van der Waals surface area (Å²) in [6.45, 7) is 3.79. The highest BCUT2D eigenvalue weighted by Gasteiger charge is 2.14. The Morgan fingerprint density at radius 1 is 1.03 bits per heavy atom. The molecule has 8 nitrogen and oxygen atoms in total. The Bertz CT molecular complexity index is 668. The maximum absolute atomic E-state index is 11.9. The molecule has 0 saturated carbocycles. The molecule has 0 spiro atoms. The molecule has 1 amide bonds. The lowest BCUT2D eigenvalue weighted by atomic mass is 10.1. The molecule has 0 aliphatic heterocycles. The van der Waals surface area contributed by atoms with Crippen molar-refractivity contribution in [1.29, 1.82) is 0 Å². The summed E-state index contributed by atoms with van der Waals surface area (Å²) in [5.41, 5.74) is -0.139. The van der Waals surface area contributed by atoms with E-state index in [4.69, 9.17) is 5.11 Å². The summed E-state index contributed by atoms with van der Waals surface area (Å²) in [4.78, 5) is 33.0. The third-order valence-corrected chi connectivity index (χ3v) is 4.28. The summed E-state index contributed by atoms with van der Waals surface area (Å²) in [6, 6.07) is 3.53. The van der Waals surface area contributed by atoms with Gasteiger partial charge in [0.2, 0.25) is 0 Å². The van der Waals surface area contributed by atoms with Gasteiger partial charge >= 0.3 is 5.97 Å². The molecule has 0 aliphatic rings. The number of carboxylic acids is 2. The highest BCUT2D eigenvalue weighted by atomic mass is 16.4. The van der Waals surface area contributed by atoms with Gasteiger partial charge < -0.3 is 29.9 Å². The van der Waals surface area contributed by atoms with E-state index in [2.05, 4.69) is 33.4 Å². The van der Waals surface area contributed by atoms with Crippen molar-refractivity contribution in [3.05, 3.63) is 29.3 Å². The summed E-state index contributed by atoms with van der Waals surface area (Å²) < 4.78 is 1.07. The van der Waals surface area contributed by atoms with Crippen LogP contribution in [0.3, 0.4) is 0 Å². The summed E-state index contributed by atoms with van der Waals surface area (Å²) in [5.74, 6) is -3.01. The number of quaternary nitrogens is 1. The minimum Gasteiger partial charge on any atom is -0.550 e. The molecule has 1 aromatic rings. The Morgan fingerprint density at radius 3 is 2.10 bits per heavy atom. The number of phenols is 1. The number of aliphatic carboxylic acids is 1. The molecule has 0 heterocycles. The molecule has 0 aliphatic carbocycles. The number of carboxylic acid groups (broad SMARTS) is 2. The van der Waals surface area contributed by atoms with Crippen molar-refractivity contribution >= 4 is 17.8 Å². The highest BCUT2D eigenvalue weighted by molar-refractivity contribution is 5.99. The van der Waals surface area contributed by atoms with Crippen molar-refractivity contribution in [2.75, 3.05) is 34.2 Å². The van der Waals surface area contributed by atoms with Crippen molar-refractivity contribution in [2.45, 2.75) is 45.4 Å². The summed E-state index contributed by atoms with van der Waals surface area (Å²) in [5, 5.41) is 31.3. The molecular weight excluding hydrogens is 376 g/mol. The molecular formula is C21H34N2O6. The topological polar surface area (TPSA) is 127 Å². The fraction of sp³-hybridized carbons (Fsp3) is 0.571. The van der Waals surface area contributed by atoms with Crippen molar-refractivity contribution in [2.24, 2.45) is 0 Å². The van der Waals surface area contributed by atoms with Crippen LogP contribution in [0.4, 0.5) is 0 Å². The van der Waals surface area contributed by atoms with Crippen LogP contribution in [0.15, 0.2) is 18.2 Å². The van der Waals surface area contributed by atoms with Crippen molar-refractivity contribution in [3.63, 3.8) is 0 Å². The van der Waals surface area contributed by atoms with Gasteiger partial charge in [-0.15, -0.1) is 0 Å². The summed E-state index contributed by atoms with van der Waals surface area (Å²) in [6.07, 6.45) is 3.87. The molecule has 1 rings (SSSR count). The van der Waals surface area contributed by atoms with Gasteiger partial charge in [-0.25, -0.2) is 4.79 Å². The molecule has 0 fully saturated rings. The number of benzene rings is 1. The van der Waals surface area contributed by atoms with Crippen molar-refractivity contribution in [3.8, 4) is 5.75 Å². The van der Waals surface area contributed by atoms with Crippen LogP contribution in [-0.2, 0) is 4.79 Å². The van der Waals surface area contributed by atoms with E-state index in [0.717, 1.165) is 36.2 Å². The van der Waals surface area contributed by atoms with Crippen LogP contribution < -0.4 is 10.4 Å². The number of unbranched alkanes of at least 4 members (excludes halogenated alkanes) is 4. The van der Waals surface area contributed by atoms with Crippen LogP contribution in [-0.4, -0.2) is 66.8 Å². The first-order valence-corrected chi connectivity index (χ1v) is 9.82. The van der Waals surface area contributed by atoms with Gasteiger partial charge in [-0.1, -0.05) is 19.3 Å². The molecule has 3 N–H and O–H groups in total. The zero-order chi connectivity index (χ0) is 22.4. The average Bonchev–Trinajstić information content (AvgIpc) is 2.63. The van der Waals surface area contributed by atoms with Gasteiger partial charge in [0.05, 0.1) is 38.8 Å². The number of amides is 1. The first-order chi connectivity index (χ1) is 13.5. The van der Waals surface area contributed by atoms with Crippen LogP contribution in [0.5, 0.6) is 5.75 Å². The van der Waals surface area contributed by atoms with E-state index in [0.29, 0.717) is 13.0 Å². The lowest BCUT2D eigenvalue weighted by molar-refractivity contribution is -0.868. The van der Waals surface area contributed by atoms with Crippen LogP contribution in [0.2, 0.25) is 0 Å². The molecule has 0 unspecified atom stereocenters. The maximum atomic E-state index is 11.9. The molecule has 0 radical (unpaired) electrons. The fourth-order valence-corrected chi connectivity index (χ4v) is 2.07. The number of aromatic hydroxyl groups is 1. The molecule has 0 saturated heterocycles. The molecule has 0 aromatic heterocycles. The summed E-state index contributed by atoms with van der Waals surface area (Å²) >= 11 is 0. The number of rotatable bonds is 11. The quantitative estimate of drug-likeness (QED) is 0.376. The second kappa shape index (κ2) is 13.5. The molecule has 1 aromatic carbocycles. The standard InChI is InChI=1S/C16H21NO6.C5H14N/c18-13-8-7-11(16(22)23)10-12(13)15(21)17-9-5-3-1-2-4-6-14(19)20;1-5-6(2,3)4/h7-8,10,18H,1-6,9H2,(H,17,21)(H,19,20)(H,22,23);5H2,1-4H3/q;+1/p-1. The normalized spacial score (nSPS) is 10.6.